The lowest BCUT2D eigenvalue weighted by atomic mass is 9.94. The van der Waals surface area contributed by atoms with Crippen molar-refractivity contribution in [3.8, 4) is 11.4 Å². The second kappa shape index (κ2) is 9.57. The van der Waals surface area contributed by atoms with Crippen molar-refractivity contribution in [3.05, 3.63) is 76.3 Å². The van der Waals surface area contributed by atoms with Gasteiger partial charge in [0.15, 0.2) is 0 Å². The molecule has 0 saturated heterocycles. The second-order valence-corrected chi connectivity index (χ2v) is 8.52. The second-order valence-electron chi connectivity index (χ2n) is 8.08. The zero-order valence-electron chi connectivity index (χ0n) is 18.6. The van der Waals surface area contributed by atoms with Gasteiger partial charge in [0.1, 0.15) is 0 Å². The highest BCUT2D eigenvalue weighted by molar-refractivity contribution is 6.30. The smallest absolute Gasteiger partial charge is 0.322 e. The minimum Gasteiger partial charge on any atom is -0.334 e. The average Bonchev–Trinajstić information content (AvgIpc) is 3.26. The Labute approximate surface area is 193 Å². The summed E-state index contributed by atoms with van der Waals surface area (Å²) in [4.78, 5) is 19.5. The molecule has 0 saturated carbocycles. The Morgan fingerprint density at radius 1 is 1.12 bits per heavy atom. The third kappa shape index (κ3) is 4.55. The third-order valence-corrected chi connectivity index (χ3v) is 5.97. The van der Waals surface area contributed by atoms with Crippen molar-refractivity contribution in [2.45, 2.75) is 46.1 Å². The van der Waals surface area contributed by atoms with Gasteiger partial charge >= 0.3 is 6.03 Å². The van der Waals surface area contributed by atoms with Gasteiger partial charge < -0.3 is 9.84 Å². The molecule has 2 amide bonds. The van der Waals surface area contributed by atoms with Crippen molar-refractivity contribution >= 4 is 23.2 Å². The molecule has 2 aromatic carbocycles. The average molecular weight is 451 g/mol. The minimum atomic E-state index is -0.409. The zero-order chi connectivity index (χ0) is 22.7. The lowest BCUT2D eigenvalue weighted by molar-refractivity contribution is 0.204. The zero-order valence-corrected chi connectivity index (χ0v) is 19.3. The van der Waals surface area contributed by atoms with E-state index in [4.69, 9.17) is 21.1 Å². The molecular formula is C25H27ClN4O2. The summed E-state index contributed by atoms with van der Waals surface area (Å²) < 4.78 is 5.73. The Kier molecular flexibility index (Phi) is 6.61. The SMILES string of the molecule is CCCCCN1C(=O)NC(c2ccc(Cl)cc2)C(c2nc(-c3cccc(C)c3)no2)=C1C. The number of unbranched alkanes of at least 4 members (excludes halogenated alkanes) is 2. The highest BCUT2D eigenvalue weighted by Crippen LogP contribution is 2.37. The van der Waals surface area contributed by atoms with Gasteiger partial charge in [-0.25, -0.2) is 4.79 Å². The van der Waals surface area contributed by atoms with E-state index >= 15 is 0 Å². The van der Waals surface area contributed by atoms with E-state index in [1.165, 1.54) is 0 Å². The van der Waals surface area contributed by atoms with Crippen molar-refractivity contribution < 1.29 is 9.32 Å². The van der Waals surface area contributed by atoms with Gasteiger partial charge in [0.25, 0.3) is 5.89 Å². The molecule has 1 unspecified atom stereocenters. The molecule has 166 valence electrons. The quantitative estimate of drug-likeness (QED) is 0.423. The van der Waals surface area contributed by atoms with E-state index in [9.17, 15) is 4.79 Å². The highest BCUT2D eigenvalue weighted by atomic mass is 35.5. The normalized spacial score (nSPS) is 16.4. The number of aromatic nitrogens is 2. The fourth-order valence-corrected chi connectivity index (χ4v) is 4.11. The molecule has 4 rings (SSSR count). The number of carbonyl (C=O) groups is 1. The van der Waals surface area contributed by atoms with Crippen LogP contribution >= 0.6 is 11.6 Å². The molecule has 7 heteroatoms. The Bertz CT molecular complexity index is 1140. The van der Waals surface area contributed by atoms with Gasteiger partial charge in [-0.15, -0.1) is 0 Å². The summed E-state index contributed by atoms with van der Waals surface area (Å²) in [6.45, 7) is 6.76. The van der Waals surface area contributed by atoms with Gasteiger partial charge in [-0.2, -0.15) is 4.98 Å². The first-order valence-electron chi connectivity index (χ1n) is 10.9. The van der Waals surface area contributed by atoms with E-state index in [1.54, 1.807) is 4.90 Å². The van der Waals surface area contributed by atoms with Crippen LogP contribution in [0.1, 0.15) is 56.2 Å². The number of benzene rings is 2. The van der Waals surface area contributed by atoms with Crippen molar-refractivity contribution in [1.82, 2.24) is 20.4 Å². The van der Waals surface area contributed by atoms with Crippen LogP contribution in [0.3, 0.4) is 0 Å². The van der Waals surface area contributed by atoms with Crippen LogP contribution in [0.15, 0.2) is 58.8 Å². The van der Waals surface area contributed by atoms with E-state index in [2.05, 4.69) is 17.4 Å². The van der Waals surface area contributed by atoms with Gasteiger partial charge in [0, 0.05) is 22.8 Å². The first kappa shape index (κ1) is 22.1. The molecule has 1 aliphatic heterocycles. The van der Waals surface area contributed by atoms with Crippen LogP contribution < -0.4 is 5.32 Å². The number of allylic oxidation sites excluding steroid dienone is 1. The molecule has 1 aromatic heterocycles. The monoisotopic (exact) mass is 450 g/mol. The van der Waals surface area contributed by atoms with Crippen LogP contribution in [-0.2, 0) is 0 Å². The molecule has 0 bridgehead atoms. The predicted molar refractivity (Wildman–Crippen MR) is 126 cm³/mol. The Morgan fingerprint density at radius 3 is 2.62 bits per heavy atom. The van der Waals surface area contributed by atoms with Gasteiger partial charge in [-0.1, -0.05) is 72.4 Å². The van der Waals surface area contributed by atoms with E-state index < -0.39 is 6.04 Å². The first-order valence-corrected chi connectivity index (χ1v) is 11.3. The van der Waals surface area contributed by atoms with E-state index in [0.717, 1.165) is 47.2 Å². The molecule has 1 atom stereocenters. The maximum absolute atomic E-state index is 13.0. The number of hydrogen-bond acceptors (Lipinski definition) is 4. The number of aryl methyl sites for hydroxylation is 1. The molecule has 3 aromatic rings. The summed E-state index contributed by atoms with van der Waals surface area (Å²) in [5.74, 6) is 0.924. The summed E-state index contributed by atoms with van der Waals surface area (Å²) in [6.07, 6.45) is 3.07. The number of carbonyl (C=O) groups excluding carboxylic acids is 1. The van der Waals surface area contributed by atoms with Crippen LogP contribution in [0, 0.1) is 6.92 Å². The van der Waals surface area contributed by atoms with Crippen molar-refractivity contribution in [2.24, 2.45) is 0 Å². The molecule has 0 aliphatic carbocycles. The lowest BCUT2D eigenvalue weighted by Gasteiger charge is -2.35. The van der Waals surface area contributed by atoms with E-state index in [0.29, 0.717) is 23.3 Å². The number of nitrogens with one attached hydrogen (secondary N) is 1. The van der Waals surface area contributed by atoms with E-state index in [1.807, 2.05) is 62.4 Å². The fourth-order valence-electron chi connectivity index (χ4n) is 3.99. The number of halogens is 1. The largest absolute Gasteiger partial charge is 0.334 e. The summed E-state index contributed by atoms with van der Waals surface area (Å²) in [7, 11) is 0. The van der Waals surface area contributed by atoms with Crippen LogP contribution in [0.5, 0.6) is 0 Å². The molecule has 32 heavy (non-hydrogen) atoms. The number of amides is 2. The molecular weight excluding hydrogens is 424 g/mol. The predicted octanol–water partition coefficient (Wildman–Crippen LogP) is 6.39. The summed E-state index contributed by atoms with van der Waals surface area (Å²) >= 11 is 6.09. The van der Waals surface area contributed by atoms with Crippen LogP contribution in [0.4, 0.5) is 4.79 Å². The third-order valence-electron chi connectivity index (χ3n) is 5.72. The molecule has 1 N–H and O–H groups in total. The maximum atomic E-state index is 13.0. The van der Waals surface area contributed by atoms with Gasteiger partial charge in [-0.3, -0.25) is 4.90 Å². The Hall–Kier alpha value is -3.12. The topological polar surface area (TPSA) is 71.3 Å². The Balaban J connectivity index is 1.77. The number of nitrogens with zero attached hydrogens (tertiary/aromatic N) is 3. The van der Waals surface area contributed by atoms with Gasteiger partial charge in [0.05, 0.1) is 11.6 Å². The molecule has 0 radical (unpaired) electrons. The van der Waals surface area contributed by atoms with Crippen molar-refractivity contribution in [3.63, 3.8) is 0 Å². The molecule has 0 spiro atoms. The molecule has 1 aliphatic rings. The number of rotatable bonds is 7. The minimum absolute atomic E-state index is 0.124. The first-order chi connectivity index (χ1) is 15.5. The van der Waals surface area contributed by atoms with Crippen molar-refractivity contribution in [2.75, 3.05) is 6.54 Å². The Morgan fingerprint density at radius 2 is 1.91 bits per heavy atom. The molecule has 0 fully saturated rings. The van der Waals surface area contributed by atoms with Gasteiger partial charge in [0.2, 0.25) is 5.82 Å². The summed E-state index contributed by atoms with van der Waals surface area (Å²) in [6, 6.07) is 14.9. The van der Waals surface area contributed by atoms with Crippen LogP contribution in [-0.4, -0.2) is 27.6 Å². The lowest BCUT2D eigenvalue weighted by Crippen LogP contribution is -2.46. The summed E-state index contributed by atoms with van der Waals surface area (Å²) in [5, 5.41) is 7.99. The standard InChI is InChI=1S/C25H27ClN4O2/c1-4-5-6-14-30-17(3)21(22(27-25(30)31)18-10-12-20(26)13-11-18)24-28-23(29-32-24)19-9-7-8-16(2)15-19/h7-13,15,22H,4-6,14H2,1-3H3,(H,27,31). The van der Waals surface area contributed by atoms with Crippen LogP contribution in [0.2, 0.25) is 5.02 Å². The molecule has 2 heterocycles. The fraction of sp³-hybridized carbons (Fsp3) is 0.320. The highest BCUT2D eigenvalue weighted by Gasteiger charge is 2.35. The van der Waals surface area contributed by atoms with Crippen molar-refractivity contribution in [1.29, 1.82) is 0 Å². The van der Waals surface area contributed by atoms with E-state index in [-0.39, 0.29) is 6.03 Å². The van der Waals surface area contributed by atoms with Gasteiger partial charge in [-0.05, 0) is 44.0 Å². The number of hydrogen-bond donors (Lipinski definition) is 1. The van der Waals surface area contributed by atoms with Crippen LogP contribution in [0.25, 0.3) is 17.0 Å². The maximum Gasteiger partial charge on any atom is 0.322 e. The molecule has 6 nitrogen and oxygen atoms in total. The summed E-state index contributed by atoms with van der Waals surface area (Å²) in [5.41, 5.74) is 4.54. The number of urea groups is 1.